The first-order valence-corrected chi connectivity index (χ1v) is 6.12. The second kappa shape index (κ2) is 5.80. The monoisotopic (exact) mass is 301 g/mol. The van der Waals surface area contributed by atoms with Gasteiger partial charge < -0.3 is 9.47 Å². The van der Waals surface area contributed by atoms with Crippen molar-refractivity contribution in [1.82, 2.24) is 23.6 Å². The number of imidazole rings is 1. The molecule has 0 aromatic carbocycles. The molecule has 0 saturated heterocycles. The largest absolute Gasteiger partial charge is 0.332 e. The van der Waals surface area contributed by atoms with Crippen molar-refractivity contribution in [3.8, 4) is 0 Å². The van der Waals surface area contributed by atoms with Gasteiger partial charge in [0.1, 0.15) is 5.82 Å². The predicted molar refractivity (Wildman–Crippen MR) is 80.8 cm³/mol. The van der Waals surface area contributed by atoms with Gasteiger partial charge in [-0.15, -0.1) is 12.4 Å². The van der Waals surface area contributed by atoms with Gasteiger partial charge in [0.15, 0.2) is 11.2 Å². The first-order valence-electron chi connectivity index (χ1n) is 6.12. The average Bonchev–Trinajstić information content (AvgIpc) is 2.68. The van der Waals surface area contributed by atoms with Crippen molar-refractivity contribution in [2.24, 2.45) is 14.1 Å². The topological polar surface area (TPSA) is 65.1 Å². The lowest BCUT2D eigenvalue weighted by Crippen LogP contribution is -2.37. The molecule has 2 heterocycles. The minimum absolute atomic E-state index is 0. The first-order chi connectivity index (χ1) is 8.84. The van der Waals surface area contributed by atoms with Gasteiger partial charge in [-0.05, 0) is 21.0 Å². The van der Waals surface area contributed by atoms with E-state index in [-0.39, 0.29) is 23.7 Å². The summed E-state index contributed by atoms with van der Waals surface area (Å²) < 4.78 is 4.41. The molecule has 0 spiro atoms. The summed E-state index contributed by atoms with van der Waals surface area (Å²) in [5.74, 6) is 0.746. The Balaban J connectivity index is 0.00000200. The molecule has 0 radical (unpaired) electrons. The molecule has 8 heteroatoms. The Labute approximate surface area is 122 Å². The van der Waals surface area contributed by atoms with E-state index in [1.807, 2.05) is 30.5 Å². The number of aryl methyl sites for hydroxylation is 2. The Morgan fingerprint density at radius 2 is 1.75 bits per heavy atom. The van der Waals surface area contributed by atoms with Crippen molar-refractivity contribution in [1.29, 1.82) is 0 Å². The summed E-state index contributed by atoms with van der Waals surface area (Å²) in [6.07, 6.45) is 0. The lowest BCUT2D eigenvalue weighted by atomic mass is 10.4. The predicted octanol–water partition coefficient (Wildman–Crippen LogP) is -0.274. The third-order valence-corrected chi connectivity index (χ3v) is 3.31. The summed E-state index contributed by atoms with van der Waals surface area (Å²) in [6.45, 7) is 3.32. The molecule has 0 bridgehead atoms. The lowest BCUT2D eigenvalue weighted by Gasteiger charge is -2.12. The van der Waals surface area contributed by atoms with Gasteiger partial charge in [0.2, 0.25) is 0 Å². The average molecular weight is 302 g/mol. The van der Waals surface area contributed by atoms with Gasteiger partial charge in [-0.3, -0.25) is 13.9 Å². The van der Waals surface area contributed by atoms with Crippen LogP contribution in [0.25, 0.3) is 11.2 Å². The summed E-state index contributed by atoms with van der Waals surface area (Å²) >= 11 is 0. The van der Waals surface area contributed by atoms with Gasteiger partial charge in [0.05, 0.1) is 0 Å². The molecule has 0 fully saturated rings. The van der Waals surface area contributed by atoms with E-state index in [1.165, 1.54) is 11.6 Å². The molecule has 2 aromatic heterocycles. The third-order valence-electron chi connectivity index (χ3n) is 3.31. The number of hydrogen-bond acceptors (Lipinski definition) is 4. The molecule has 0 atom stereocenters. The zero-order valence-corrected chi connectivity index (χ0v) is 13.2. The Morgan fingerprint density at radius 3 is 2.30 bits per heavy atom. The van der Waals surface area contributed by atoms with Crippen LogP contribution in [0.1, 0.15) is 5.82 Å². The SMILES string of the molecule is Cc1nc2c(c(=O)n(C)c(=O)n2C)n1CCN(C)C.Cl. The molecule has 112 valence electrons. The van der Waals surface area contributed by atoms with E-state index in [9.17, 15) is 9.59 Å². The van der Waals surface area contributed by atoms with E-state index in [2.05, 4.69) is 4.98 Å². The quantitative estimate of drug-likeness (QED) is 0.782. The fourth-order valence-corrected chi connectivity index (χ4v) is 2.13. The highest BCUT2D eigenvalue weighted by Crippen LogP contribution is 2.09. The van der Waals surface area contributed by atoms with Crippen LogP contribution in [0.3, 0.4) is 0 Å². The Bertz CT molecular complexity index is 741. The highest BCUT2D eigenvalue weighted by Gasteiger charge is 2.16. The van der Waals surface area contributed by atoms with Gasteiger partial charge in [-0.2, -0.15) is 0 Å². The molecule has 20 heavy (non-hydrogen) atoms. The third kappa shape index (κ3) is 2.51. The molecular weight excluding hydrogens is 282 g/mol. The molecule has 0 saturated carbocycles. The Hall–Kier alpha value is -1.60. The van der Waals surface area contributed by atoms with E-state index in [0.717, 1.165) is 16.9 Å². The fraction of sp³-hybridized carbons (Fsp3) is 0.583. The van der Waals surface area contributed by atoms with Crippen molar-refractivity contribution >= 4 is 23.6 Å². The molecule has 2 aromatic rings. The van der Waals surface area contributed by atoms with Crippen LogP contribution < -0.4 is 11.2 Å². The second-order valence-electron chi connectivity index (χ2n) is 4.99. The summed E-state index contributed by atoms with van der Waals surface area (Å²) in [4.78, 5) is 30.5. The molecule has 0 amide bonds. The molecule has 7 nitrogen and oxygen atoms in total. The second-order valence-corrected chi connectivity index (χ2v) is 4.99. The molecule has 2 rings (SSSR count). The number of likely N-dealkylation sites (N-methyl/N-ethyl adjacent to an activating group) is 1. The van der Waals surface area contributed by atoms with Crippen molar-refractivity contribution < 1.29 is 0 Å². The number of halogens is 1. The standard InChI is InChI=1S/C12H19N5O2.ClH/c1-8-13-10-9(17(8)7-6-14(2)3)11(18)16(5)12(19)15(10)4;/h6-7H2,1-5H3;1H. The molecule has 0 aliphatic heterocycles. The van der Waals surface area contributed by atoms with Gasteiger partial charge in [-0.25, -0.2) is 9.78 Å². The van der Waals surface area contributed by atoms with Crippen molar-refractivity contribution in [2.75, 3.05) is 20.6 Å². The molecule has 0 aliphatic rings. The normalized spacial score (nSPS) is 11.1. The maximum atomic E-state index is 12.3. The van der Waals surface area contributed by atoms with E-state index < -0.39 is 0 Å². The van der Waals surface area contributed by atoms with E-state index in [4.69, 9.17) is 0 Å². The van der Waals surface area contributed by atoms with Crippen molar-refractivity contribution in [3.05, 3.63) is 26.7 Å². The number of fused-ring (bicyclic) bond motifs is 1. The smallest absolute Gasteiger partial charge is 0.321 e. The lowest BCUT2D eigenvalue weighted by molar-refractivity contribution is 0.384. The summed E-state index contributed by atoms with van der Waals surface area (Å²) in [5, 5.41) is 0. The number of aromatic nitrogens is 4. The van der Waals surface area contributed by atoms with Gasteiger partial charge in [0, 0.05) is 27.2 Å². The summed E-state index contributed by atoms with van der Waals surface area (Å²) in [7, 11) is 7.07. The van der Waals surface area contributed by atoms with E-state index in [1.54, 1.807) is 7.05 Å². The highest BCUT2D eigenvalue weighted by atomic mass is 35.5. The Morgan fingerprint density at radius 1 is 1.15 bits per heavy atom. The molecular formula is C12H20ClN5O2. The van der Waals surface area contributed by atoms with Crippen LogP contribution >= 0.6 is 12.4 Å². The minimum atomic E-state index is -0.352. The van der Waals surface area contributed by atoms with Crippen molar-refractivity contribution in [2.45, 2.75) is 13.5 Å². The number of hydrogen-bond donors (Lipinski definition) is 0. The maximum Gasteiger partial charge on any atom is 0.332 e. The van der Waals surface area contributed by atoms with Crippen LogP contribution in [0, 0.1) is 6.92 Å². The minimum Gasteiger partial charge on any atom is -0.321 e. The summed E-state index contributed by atoms with van der Waals surface area (Å²) in [5.41, 5.74) is 0.292. The first kappa shape index (κ1) is 16.5. The molecule has 0 N–H and O–H groups in total. The molecule has 0 unspecified atom stereocenters. The Kier molecular flexibility index (Phi) is 4.77. The highest BCUT2D eigenvalue weighted by molar-refractivity contribution is 5.85. The van der Waals surface area contributed by atoms with Crippen LogP contribution in [0.2, 0.25) is 0 Å². The fourth-order valence-electron chi connectivity index (χ4n) is 2.13. The number of rotatable bonds is 3. The van der Waals surface area contributed by atoms with Gasteiger partial charge >= 0.3 is 5.69 Å². The maximum absolute atomic E-state index is 12.3. The van der Waals surface area contributed by atoms with Crippen LogP contribution in [-0.2, 0) is 20.6 Å². The summed E-state index contributed by atoms with van der Waals surface area (Å²) in [6, 6.07) is 0. The van der Waals surface area contributed by atoms with Crippen LogP contribution in [0.4, 0.5) is 0 Å². The zero-order valence-electron chi connectivity index (χ0n) is 12.4. The van der Waals surface area contributed by atoms with Crippen LogP contribution in [0.5, 0.6) is 0 Å². The molecule has 0 aliphatic carbocycles. The van der Waals surface area contributed by atoms with Crippen LogP contribution in [0.15, 0.2) is 9.59 Å². The van der Waals surface area contributed by atoms with Crippen LogP contribution in [-0.4, -0.2) is 44.2 Å². The van der Waals surface area contributed by atoms with Crippen molar-refractivity contribution in [3.63, 3.8) is 0 Å². The van der Waals surface area contributed by atoms with Gasteiger partial charge in [-0.1, -0.05) is 0 Å². The number of nitrogens with zero attached hydrogens (tertiary/aromatic N) is 5. The zero-order chi connectivity index (χ0) is 14.3. The van der Waals surface area contributed by atoms with Gasteiger partial charge in [0.25, 0.3) is 5.56 Å². The van der Waals surface area contributed by atoms with E-state index >= 15 is 0 Å². The van der Waals surface area contributed by atoms with E-state index in [0.29, 0.717) is 17.7 Å².